The fraction of sp³-hybridized carbons (Fsp3) is 0.100. The van der Waals surface area contributed by atoms with Crippen LogP contribution < -0.4 is 15.0 Å². The molecule has 0 aliphatic rings. The summed E-state index contributed by atoms with van der Waals surface area (Å²) in [6, 6.07) is 13.9. The van der Waals surface area contributed by atoms with Crippen molar-refractivity contribution in [3.05, 3.63) is 68.4 Å². The van der Waals surface area contributed by atoms with E-state index in [1.807, 2.05) is 6.07 Å². The lowest BCUT2D eigenvalue weighted by molar-refractivity contribution is 0.395. The Morgan fingerprint density at radius 3 is 2.37 bits per heavy atom. The van der Waals surface area contributed by atoms with Gasteiger partial charge in [-0.05, 0) is 35.9 Å². The van der Waals surface area contributed by atoms with E-state index in [-0.39, 0.29) is 5.56 Å². The molecule has 2 aromatic carbocycles. The molecule has 0 atom stereocenters. The maximum atomic E-state index is 12.5. The number of nitrogens with zero attached hydrogens (tertiary/aromatic N) is 1. The third-order valence-corrected chi connectivity index (χ3v) is 4.81. The summed E-state index contributed by atoms with van der Waals surface area (Å²) in [5.74, 6) is 1.08. The Morgan fingerprint density at radius 1 is 0.963 bits per heavy atom. The van der Waals surface area contributed by atoms with Crippen LogP contribution in [0.3, 0.4) is 0 Å². The number of pyridine rings is 1. The van der Waals surface area contributed by atoms with Crippen molar-refractivity contribution < 1.29 is 9.47 Å². The van der Waals surface area contributed by atoms with Gasteiger partial charge >= 0.3 is 0 Å². The number of methoxy groups -OCH3 is 2. The number of aromatic amines is 1. The van der Waals surface area contributed by atoms with E-state index in [4.69, 9.17) is 32.7 Å². The van der Waals surface area contributed by atoms with Gasteiger partial charge in [-0.25, -0.2) is 0 Å². The summed E-state index contributed by atoms with van der Waals surface area (Å²) in [7, 11) is 3.06. The highest BCUT2D eigenvalue weighted by molar-refractivity contribution is 6.42. The number of nitrogens with one attached hydrogen (secondary N) is 1. The van der Waals surface area contributed by atoms with E-state index in [2.05, 4.69) is 4.98 Å². The number of benzene rings is 2. The van der Waals surface area contributed by atoms with Crippen molar-refractivity contribution in [2.24, 2.45) is 0 Å². The van der Waals surface area contributed by atoms with E-state index in [0.29, 0.717) is 43.9 Å². The molecule has 0 amide bonds. The molecule has 0 bridgehead atoms. The first-order valence-corrected chi connectivity index (χ1v) is 8.59. The topological polar surface area (TPSA) is 75.1 Å². The SMILES string of the molecule is COc1ccc(-c2cc(-c3ccc(Cl)c(Cl)c3)[nH]c(=O)c2C#N)c(OC)c1. The monoisotopic (exact) mass is 400 g/mol. The molecule has 0 unspecified atom stereocenters. The smallest absolute Gasteiger partial charge is 0.266 e. The lowest BCUT2D eigenvalue weighted by Crippen LogP contribution is -2.13. The molecule has 0 saturated heterocycles. The summed E-state index contributed by atoms with van der Waals surface area (Å²) in [6.45, 7) is 0. The lowest BCUT2D eigenvalue weighted by atomic mass is 9.98. The molecule has 3 rings (SSSR count). The van der Waals surface area contributed by atoms with Gasteiger partial charge in [-0.1, -0.05) is 29.3 Å². The fourth-order valence-electron chi connectivity index (χ4n) is 2.72. The molecular formula is C20H14Cl2N2O3. The largest absolute Gasteiger partial charge is 0.497 e. The van der Waals surface area contributed by atoms with E-state index < -0.39 is 5.56 Å². The zero-order chi connectivity index (χ0) is 19.6. The summed E-state index contributed by atoms with van der Waals surface area (Å²) >= 11 is 12.1. The Kier molecular flexibility index (Phi) is 5.41. The molecule has 1 aromatic heterocycles. The molecule has 7 heteroatoms. The van der Waals surface area contributed by atoms with Crippen molar-refractivity contribution in [2.75, 3.05) is 14.2 Å². The standard InChI is InChI=1S/C20H14Cl2N2O3/c1-26-12-4-5-13(19(8-12)27-2)14-9-18(24-20(25)15(14)10-23)11-3-6-16(21)17(22)7-11/h3-9H,1-2H3,(H,24,25). The van der Waals surface area contributed by atoms with Crippen LogP contribution in [0.15, 0.2) is 47.3 Å². The van der Waals surface area contributed by atoms with Gasteiger partial charge in [0.1, 0.15) is 23.1 Å². The number of hydrogen-bond donors (Lipinski definition) is 1. The van der Waals surface area contributed by atoms with Gasteiger partial charge in [0.05, 0.1) is 24.3 Å². The van der Waals surface area contributed by atoms with Crippen molar-refractivity contribution in [1.82, 2.24) is 4.98 Å². The summed E-state index contributed by atoms with van der Waals surface area (Å²) in [5.41, 5.74) is 1.70. The molecule has 0 aliphatic carbocycles. The minimum Gasteiger partial charge on any atom is -0.497 e. The molecule has 5 nitrogen and oxygen atoms in total. The second kappa shape index (κ2) is 7.75. The number of H-pyrrole nitrogens is 1. The van der Waals surface area contributed by atoms with Gasteiger partial charge in [-0.2, -0.15) is 5.26 Å². The number of halogens is 2. The second-order valence-electron chi connectivity index (χ2n) is 5.61. The van der Waals surface area contributed by atoms with Gasteiger partial charge in [0, 0.05) is 22.9 Å². The highest BCUT2D eigenvalue weighted by Crippen LogP contribution is 2.36. The molecule has 0 fully saturated rings. The van der Waals surface area contributed by atoms with Crippen LogP contribution in [0.2, 0.25) is 10.0 Å². The highest BCUT2D eigenvalue weighted by Gasteiger charge is 2.17. The molecule has 1 N–H and O–H groups in total. The predicted octanol–water partition coefficient (Wildman–Crippen LogP) is 4.90. The Bertz CT molecular complexity index is 1120. The van der Waals surface area contributed by atoms with Crippen molar-refractivity contribution in [2.45, 2.75) is 0 Å². The maximum Gasteiger partial charge on any atom is 0.266 e. The third kappa shape index (κ3) is 3.63. The molecule has 0 aliphatic heterocycles. The number of ether oxygens (including phenoxy) is 2. The first kappa shape index (κ1) is 18.8. The zero-order valence-corrected chi connectivity index (χ0v) is 16.0. The Morgan fingerprint density at radius 2 is 1.74 bits per heavy atom. The van der Waals surface area contributed by atoms with Crippen LogP contribution in [0.25, 0.3) is 22.4 Å². The molecule has 3 aromatic rings. The summed E-state index contributed by atoms with van der Waals surface area (Å²) in [4.78, 5) is 15.2. The summed E-state index contributed by atoms with van der Waals surface area (Å²) in [6.07, 6.45) is 0. The van der Waals surface area contributed by atoms with E-state index in [9.17, 15) is 10.1 Å². The molecular weight excluding hydrogens is 387 g/mol. The fourth-order valence-corrected chi connectivity index (χ4v) is 3.02. The van der Waals surface area contributed by atoms with Gasteiger partial charge in [-0.3, -0.25) is 4.79 Å². The number of aromatic nitrogens is 1. The Labute approximate surface area is 165 Å². The van der Waals surface area contributed by atoms with E-state index in [1.54, 1.807) is 49.6 Å². The van der Waals surface area contributed by atoms with Crippen molar-refractivity contribution in [3.8, 4) is 40.0 Å². The molecule has 1 heterocycles. The predicted molar refractivity (Wildman–Crippen MR) is 106 cm³/mol. The second-order valence-corrected chi connectivity index (χ2v) is 6.42. The lowest BCUT2D eigenvalue weighted by Gasteiger charge is -2.13. The Hall–Kier alpha value is -2.94. The first-order valence-electron chi connectivity index (χ1n) is 7.83. The van der Waals surface area contributed by atoms with Gasteiger partial charge in [-0.15, -0.1) is 0 Å². The Balaban J connectivity index is 2.27. The van der Waals surface area contributed by atoms with Crippen molar-refractivity contribution in [1.29, 1.82) is 5.26 Å². The van der Waals surface area contributed by atoms with E-state index >= 15 is 0 Å². The van der Waals surface area contributed by atoms with Crippen LogP contribution >= 0.6 is 23.2 Å². The van der Waals surface area contributed by atoms with Crippen LogP contribution in [0, 0.1) is 11.3 Å². The van der Waals surface area contributed by atoms with Gasteiger partial charge < -0.3 is 14.5 Å². The van der Waals surface area contributed by atoms with Crippen LogP contribution in [-0.2, 0) is 0 Å². The number of hydrogen-bond acceptors (Lipinski definition) is 4. The molecule has 27 heavy (non-hydrogen) atoms. The summed E-state index contributed by atoms with van der Waals surface area (Å²) < 4.78 is 10.6. The molecule has 0 radical (unpaired) electrons. The molecule has 0 spiro atoms. The average molecular weight is 401 g/mol. The highest BCUT2D eigenvalue weighted by atomic mass is 35.5. The van der Waals surface area contributed by atoms with Crippen LogP contribution in [0.5, 0.6) is 11.5 Å². The normalized spacial score (nSPS) is 10.3. The first-order chi connectivity index (χ1) is 13.0. The van der Waals surface area contributed by atoms with E-state index in [0.717, 1.165) is 0 Å². The van der Waals surface area contributed by atoms with Crippen molar-refractivity contribution >= 4 is 23.2 Å². The average Bonchev–Trinajstić information content (AvgIpc) is 2.68. The van der Waals surface area contributed by atoms with Crippen molar-refractivity contribution in [3.63, 3.8) is 0 Å². The molecule has 136 valence electrons. The summed E-state index contributed by atoms with van der Waals surface area (Å²) in [5, 5.41) is 10.3. The number of rotatable bonds is 4. The number of nitriles is 1. The zero-order valence-electron chi connectivity index (χ0n) is 14.5. The van der Waals surface area contributed by atoms with Crippen LogP contribution in [0.4, 0.5) is 0 Å². The quantitative estimate of drug-likeness (QED) is 0.675. The van der Waals surface area contributed by atoms with Gasteiger partial charge in [0.2, 0.25) is 0 Å². The third-order valence-electron chi connectivity index (χ3n) is 4.07. The van der Waals surface area contributed by atoms with Gasteiger partial charge in [0.15, 0.2) is 0 Å². The van der Waals surface area contributed by atoms with Crippen LogP contribution in [0.1, 0.15) is 5.56 Å². The van der Waals surface area contributed by atoms with E-state index in [1.165, 1.54) is 7.11 Å². The maximum absolute atomic E-state index is 12.5. The van der Waals surface area contributed by atoms with Crippen LogP contribution in [-0.4, -0.2) is 19.2 Å². The molecule has 0 saturated carbocycles. The minimum absolute atomic E-state index is 0.0118. The van der Waals surface area contributed by atoms with Gasteiger partial charge in [0.25, 0.3) is 5.56 Å². The minimum atomic E-state index is -0.506.